The molecule has 0 spiro atoms. The van der Waals surface area contributed by atoms with Gasteiger partial charge in [-0.2, -0.15) is 15.8 Å². The van der Waals surface area contributed by atoms with E-state index in [9.17, 15) is 20.6 Å². The van der Waals surface area contributed by atoms with Gasteiger partial charge in [-0.3, -0.25) is 5.41 Å². The first kappa shape index (κ1) is 19.2. The van der Waals surface area contributed by atoms with Gasteiger partial charge in [0, 0.05) is 0 Å². The molecule has 0 amide bonds. The summed E-state index contributed by atoms with van der Waals surface area (Å²) < 4.78 is 5.73. The highest BCUT2D eigenvalue weighted by molar-refractivity contribution is 6.05. The zero-order chi connectivity index (χ0) is 19.4. The van der Waals surface area contributed by atoms with Crippen LogP contribution < -0.4 is 0 Å². The number of rotatable bonds is 3. The largest absolute Gasteiger partial charge is 0.458 e. The normalized spacial score (nSPS) is 25.4. The first-order valence-electron chi connectivity index (χ1n) is 8.60. The van der Waals surface area contributed by atoms with Gasteiger partial charge < -0.3 is 4.74 Å². The molecule has 1 N–H and O–H groups in total. The van der Waals surface area contributed by atoms with Gasteiger partial charge in [-0.05, 0) is 36.5 Å². The van der Waals surface area contributed by atoms with Crippen molar-refractivity contribution in [2.24, 2.45) is 17.8 Å². The number of hydrogen-bond donors (Lipinski definition) is 1. The highest BCUT2D eigenvalue weighted by Crippen LogP contribution is 2.39. The predicted octanol–water partition coefficient (Wildman–Crippen LogP) is 3.34. The van der Waals surface area contributed by atoms with Crippen LogP contribution in [0.2, 0.25) is 0 Å². The van der Waals surface area contributed by atoms with Crippen molar-refractivity contribution in [3.8, 4) is 18.2 Å². The van der Waals surface area contributed by atoms with Gasteiger partial charge in [-0.1, -0.05) is 27.2 Å². The molecule has 1 unspecified atom stereocenters. The standard InChI is InChI=1S/C20H20N4O2/c1-11(2)13-5-4-12(3)6-18(13)26-20(25)19-16(9-23)14(7-21)15(8-22)17(19)10-24/h11-13,18,23H,4-6H2,1-3H3/t12-,13+,18?/m0/s1. The summed E-state index contributed by atoms with van der Waals surface area (Å²) in [6, 6.07) is 5.38. The van der Waals surface area contributed by atoms with E-state index in [1.807, 2.05) is 11.9 Å². The van der Waals surface area contributed by atoms with Crippen molar-refractivity contribution in [3.63, 3.8) is 0 Å². The lowest BCUT2D eigenvalue weighted by molar-refractivity contribution is -0.150. The summed E-state index contributed by atoms with van der Waals surface area (Å²) in [7, 11) is 0. The number of carbonyl (C=O) groups is 1. The van der Waals surface area contributed by atoms with E-state index in [0.717, 1.165) is 19.3 Å². The van der Waals surface area contributed by atoms with Crippen molar-refractivity contribution in [1.82, 2.24) is 0 Å². The highest BCUT2D eigenvalue weighted by Gasteiger charge is 2.39. The van der Waals surface area contributed by atoms with Gasteiger partial charge in [0.2, 0.25) is 0 Å². The fourth-order valence-electron chi connectivity index (χ4n) is 3.74. The fourth-order valence-corrected chi connectivity index (χ4v) is 3.74. The molecule has 2 aliphatic rings. The number of nitrogens with one attached hydrogen (secondary N) is 1. The SMILES string of the molecule is CC(C)[C@H]1CC[C@H](C)CC1OC(=O)C1=C(C#N)C(C#N)=C(C#N)C1=C=N. The zero-order valence-corrected chi connectivity index (χ0v) is 15.1. The lowest BCUT2D eigenvalue weighted by Gasteiger charge is -2.36. The maximum Gasteiger partial charge on any atom is 0.341 e. The molecule has 0 aliphatic heterocycles. The second-order valence-corrected chi connectivity index (χ2v) is 7.11. The second-order valence-electron chi connectivity index (χ2n) is 7.11. The van der Waals surface area contributed by atoms with Crippen molar-refractivity contribution in [1.29, 1.82) is 21.2 Å². The van der Waals surface area contributed by atoms with E-state index >= 15 is 0 Å². The summed E-state index contributed by atoms with van der Waals surface area (Å²) in [6.07, 6.45) is 2.48. The summed E-state index contributed by atoms with van der Waals surface area (Å²) in [5.41, 5.74) is -0.932. The van der Waals surface area contributed by atoms with Gasteiger partial charge in [0.15, 0.2) is 0 Å². The van der Waals surface area contributed by atoms with Crippen molar-refractivity contribution in [3.05, 3.63) is 27.9 Å². The zero-order valence-electron chi connectivity index (χ0n) is 15.1. The third-order valence-electron chi connectivity index (χ3n) is 5.13. The number of allylic oxidation sites excluding steroid dienone is 3. The molecule has 26 heavy (non-hydrogen) atoms. The average molecular weight is 348 g/mol. The second kappa shape index (κ2) is 7.83. The molecule has 0 radical (unpaired) electrons. The number of carbonyl (C=O) groups excluding carboxylic acids is 1. The highest BCUT2D eigenvalue weighted by atomic mass is 16.5. The van der Waals surface area contributed by atoms with Gasteiger partial charge in [0.1, 0.15) is 24.3 Å². The minimum absolute atomic E-state index is 0.143. The Morgan fingerprint density at radius 1 is 1.12 bits per heavy atom. The molecule has 2 aliphatic carbocycles. The molecular weight excluding hydrogens is 328 g/mol. The monoisotopic (exact) mass is 348 g/mol. The molecule has 6 heteroatoms. The Labute approximate surface area is 153 Å². The Morgan fingerprint density at radius 2 is 1.73 bits per heavy atom. The third kappa shape index (κ3) is 3.31. The average Bonchev–Trinajstić information content (AvgIpc) is 2.93. The molecule has 1 fully saturated rings. The lowest BCUT2D eigenvalue weighted by atomic mass is 9.75. The van der Waals surface area contributed by atoms with Crippen LogP contribution in [-0.2, 0) is 9.53 Å². The molecule has 6 nitrogen and oxygen atoms in total. The summed E-state index contributed by atoms with van der Waals surface area (Å²) in [6.45, 7) is 6.28. The Balaban J connectivity index is 2.40. The van der Waals surface area contributed by atoms with Crippen LogP contribution in [0.25, 0.3) is 0 Å². The maximum absolute atomic E-state index is 12.8. The summed E-state index contributed by atoms with van der Waals surface area (Å²) >= 11 is 0. The molecule has 2 rings (SSSR count). The topological polar surface area (TPSA) is 122 Å². The quantitative estimate of drug-likeness (QED) is 0.619. The van der Waals surface area contributed by atoms with E-state index in [0.29, 0.717) is 11.8 Å². The molecule has 0 aromatic carbocycles. The van der Waals surface area contributed by atoms with E-state index in [4.69, 9.17) is 10.1 Å². The molecule has 0 heterocycles. The predicted molar refractivity (Wildman–Crippen MR) is 93.4 cm³/mol. The molecule has 0 aromatic heterocycles. The van der Waals surface area contributed by atoms with E-state index in [2.05, 4.69) is 20.8 Å². The number of hydrogen-bond acceptors (Lipinski definition) is 6. The van der Waals surface area contributed by atoms with Crippen molar-refractivity contribution in [2.75, 3.05) is 0 Å². The number of nitriles is 3. The van der Waals surface area contributed by atoms with Crippen LogP contribution in [0, 0.1) is 57.2 Å². The Morgan fingerprint density at radius 3 is 2.23 bits per heavy atom. The molecule has 0 bridgehead atoms. The first-order chi connectivity index (χ1) is 12.4. The Bertz CT molecular complexity index is 867. The minimum atomic E-state index is -0.765. The third-order valence-corrected chi connectivity index (χ3v) is 5.13. The molecule has 132 valence electrons. The van der Waals surface area contributed by atoms with Crippen LogP contribution in [0.3, 0.4) is 0 Å². The van der Waals surface area contributed by atoms with Crippen LogP contribution in [0.15, 0.2) is 27.9 Å². The fraction of sp³-hybridized carbons (Fsp3) is 0.500. The van der Waals surface area contributed by atoms with E-state index in [1.54, 1.807) is 12.1 Å². The number of ether oxygens (including phenoxy) is 1. The van der Waals surface area contributed by atoms with Gasteiger partial charge in [0.25, 0.3) is 0 Å². The Kier molecular flexibility index (Phi) is 5.78. The van der Waals surface area contributed by atoms with Crippen LogP contribution >= 0.6 is 0 Å². The van der Waals surface area contributed by atoms with Crippen molar-refractivity contribution < 1.29 is 9.53 Å². The number of esters is 1. The van der Waals surface area contributed by atoms with Crippen LogP contribution in [0.1, 0.15) is 40.0 Å². The first-order valence-corrected chi connectivity index (χ1v) is 8.60. The molecule has 1 saturated carbocycles. The molecule has 0 saturated heterocycles. The molecule has 3 atom stereocenters. The van der Waals surface area contributed by atoms with Crippen LogP contribution in [0.4, 0.5) is 0 Å². The molecular formula is C20H20N4O2. The summed E-state index contributed by atoms with van der Waals surface area (Å²) in [5.74, 6) is 2.25. The van der Waals surface area contributed by atoms with E-state index in [1.165, 1.54) is 0 Å². The van der Waals surface area contributed by atoms with Gasteiger partial charge in [0.05, 0.1) is 27.9 Å². The summed E-state index contributed by atoms with van der Waals surface area (Å²) in [5, 5.41) is 35.3. The Hall–Kier alpha value is -3.13. The minimum Gasteiger partial charge on any atom is -0.458 e. The summed E-state index contributed by atoms with van der Waals surface area (Å²) in [4.78, 5) is 12.8. The maximum atomic E-state index is 12.8. The van der Waals surface area contributed by atoms with Gasteiger partial charge in [-0.15, -0.1) is 0 Å². The van der Waals surface area contributed by atoms with E-state index in [-0.39, 0.29) is 39.9 Å². The van der Waals surface area contributed by atoms with Gasteiger partial charge >= 0.3 is 5.97 Å². The molecule has 0 aromatic rings. The van der Waals surface area contributed by atoms with Crippen LogP contribution in [-0.4, -0.2) is 17.9 Å². The van der Waals surface area contributed by atoms with Crippen molar-refractivity contribution in [2.45, 2.75) is 46.1 Å². The smallest absolute Gasteiger partial charge is 0.341 e. The van der Waals surface area contributed by atoms with Gasteiger partial charge in [-0.25, -0.2) is 4.79 Å². The number of nitrogens with zero attached hydrogens (tertiary/aromatic N) is 3. The van der Waals surface area contributed by atoms with E-state index < -0.39 is 5.97 Å². The van der Waals surface area contributed by atoms with Crippen molar-refractivity contribution >= 4 is 11.8 Å². The van der Waals surface area contributed by atoms with Crippen LogP contribution in [0.5, 0.6) is 0 Å². The lowest BCUT2D eigenvalue weighted by Crippen LogP contribution is -2.36.